The summed E-state index contributed by atoms with van der Waals surface area (Å²) in [6, 6.07) is 3.75. The highest BCUT2D eigenvalue weighted by Crippen LogP contribution is 2.23. The minimum Gasteiger partial charge on any atom is -0.444 e. The molecule has 0 bridgehead atoms. The topological polar surface area (TPSA) is 121 Å². The van der Waals surface area contributed by atoms with Crippen LogP contribution < -0.4 is 21.5 Å². The first kappa shape index (κ1) is 28.0. The van der Waals surface area contributed by atoms with Crippen molar-refractivity contribution in [1.82, 2.24) is 33.4 Å². The van der Waals surface area contributed by atoms with Crippen LogP contribution in [0, 0.1) is 18.8 Å². The molecule has 216 valence electrons. The van der Waals surface area contributed by atoms with Crippen molar-refractivity contribution in [1.29, 1.82) is 0 Å². The molecule has 1 saturated heterocycles. The van der Waals surface area contributed by atoms with E-state index in [0.717, 1.165) is 24.1 Å². The Balaban J connectivity index is 1.54. The lowest BCUT2D eigenvalue weighted by molar-refractivity contribution is 0.0499. The van der Waals surface area contributed by atoms with Crippen LogP contribution in [0.15, 0.2) is 34.1 Å². The number of aryl methyl sites for hydroxylation is 2. The number of imidazole rings is 2. The van der Waals surface area contributed by atoms with Gasteiger partial charge in [-0.05, 0) is 65.2 Å². The fourth-order valence-electron chi connectivity index (χ4n) is 5.17. The third kappa shape index (κ3) is 5.70. The average Bonchev–Trinajstić information content (AvgIpc) is 3.48. The highest BCUT2D eigenvalue weighted by Gasteiger charge is 2.29. The van der Waals surface area contributed by atoms with Gasteiger partial charge in [0.1, 0.15) is 11.2 Å². The second kappa shape index (κ2) is 10.8. The lowest BCUT2D eigenvalue weighted by Crippen LogP contribution is -2.49. The summed E-state index contributed by atoms with van der Waals surface area (Å²) in [5, 5.41) is 2.96. The van der Waals surface area contributed by atoms with Crippen molar-refractivity contribution in [3.8, 4) is 11.8 Å². The van der Waals surface area contributed by atoms with E-state index < -0.39 is 22.9 Å². The molecular formula is C29H36N8O4. The van der Waals surface area contributed by atoms with E-state index in [1.165, 1.54) is 9.13 Å². The molecule has 1 N–H and O–H groups in total. The van der Waals surface area contributed by atoms with Gasteiger partial charge in [0.25, 0.3) is 5.56 Å². The standard InChI is InChI=1S/C29H36N8O4/c1-7-8-13-36-23-24(32-26(36)35-12-9-10-20(16-35)31-27(39)41-29(3,4)5)33(6)28(40)37(25(23)38)18-21-17-34-14-11-19(2)15-22(34)30-21/h11,14-15,17,20H,9-10,12-13,16,18H2,1-6H3,(H,31,39). The normalized spacial score (nSPS) is 15.7. The van der Waals surface area contributed by atoms with Gasteiger partial charge in [0.05, 0.1) is 18.8 Å². The quantitative estimate of drug-likeness (QED) is 0.372. The molecule has 5 heterocycles. The zero-order valence-corrected chi connectivity index (χ0v) is 24.4. The Morgan fingerprint density at radius 3 is 2.73 bits per heavy atom. The van der Waals surface area contributed by atoms with Gasteiger partial charge in [-0.2, -0.15) is 4.98 Å². The first-order chi connectivity index (χ1) is 19.4. The number of hydrogen-bond acceptors (Lipinski definition) is 7. The first-order valence-electron chi connectivity index (χ1n) is 13.7. The minimum absolute atomic E-state index is 0.0216. The molecule has 0 spiro atoms. The summed E-state index contributed by atoms with van der Waals surface area (Å²) in [6.45, 7) is 10.6. The van der Waals surface area contributed by atoms with Gasteiger partial charge in [-0.1, -0.05) is 5.92 Å². The number of fused-ring (bicyclic) bond motifs is 2. The number of nitrogens with one attached hydrogen (secondary N) is 1. The molecule has 0 radical (unpaired) electrons. The van der Waals surface area contributed by atoms with Crippen molar-refractivity contribution in [2.24, 2.45) is 7.05 Å². The molecule has 0 saturated carbocycles. The predicted octanol–water partition coefficient (Wildman–Crippen LogP) is 2.42. The van der Waals surface area contributed by atoms with E-state index in [1.54, 1.807) is 18.5 Å². The number of anilines is 1. The zero-order chi connectivity index (χ0) is 29.5. The van der Waals surface area contributed by atoms with Gasteiger partial charge in [-0.3, -0.25) is 18.5 Å². The van der Waals surface area contributed by atoms with Gasteiger partial charge in [-0.15, -0.1) is 5.92 Å². The Hall–Kier alpha value is -4.53. The summed E-state index contributed by atoms with van der Waals surface area (Å²) in [5.74, 6) is 6.48. The van der Waals surface area contributed by atoms with Crippen LogP contribution in [0.2, 0.25) is 0 Å². The third-order valence-corrected chi connectivity index (χ3v) is 7.04. The average molecular weight is 561 g/mol. The van der Waals surface area contributed by atoms with Crippen LogP contribution in [-0.2, 0) is 24.9 Å². The molecule has 4 aromatic rings. The molecule has 4 aromatic heterocycles. The van der Waals surface area contributed by atoms with Crippen LogP contribution in [0.4, 0.5) is 10.7 Å². The van der Waals surface area contributed by atoms with Crippen molar-refractivity contribution in [2.75, 3.05) is 18.0 Å². The highest BCUT2D eigenvalue weighted by molar-refractivity contribution is 5.75. The molecule has 1 atom stereocenters. The SMILES string of the molecule is CC#CCn1c(N2CCCC(NC(=O)OC(C)(C)C)C2)nc2c1c(=O)n(Cc1cn3ccc(C)cc3n1)c(=O)n2C. The summed E-state index contributed by atoms with van der Waals surface area (Å²) in [4.78, 5) is 51.2. The van der Waals surface area contributed by atoms with Gasteiger partial charge in [0.2, 0.25) is 5.95 Å². The Morgan fingerprint density at radius 1 is 1.22 bits per heavy atom. The summed E-state index contributed by atoms with van der Waals surface area (Å²) < 4.78 is 11.7. The predicted molar refractivity (Wildman–Crippen MR) is 156 cm³/mol. The summed E-state index contributed by atoms with van der Waals surface area (Å²) in [5.41, 5.74) is 1.47. The number of carbonyl (C=O) groups is 1. The first-order valence-corrected chi connectivity index (χ1v) is 13.7. The molecule has 5 rings (SSSR count). The number of rotatable bonds is 5. The van der Waals surface area contributed by atoms with Crippen LogP contribution in [0.25, 0.3) is 16.8 Å². The van der Waals surface area contributed by atoms with Crippen molar-refractivity contribution < 1.29 is 9.53 Å². The molecule has 1 aliphatic rings. The van der Waals surface area contributed by atoms with Gasteiger partial charge in [0.15, 0.2) is 11.2 Å². The molecular weight excluding hydrogens is 524 g/mol. The van der Waals surface area contributed by atoms with Crippen LogP contribution in [0.1, 0.15) is 51.8 Å². The molecule has 0 aromatic carbocycles. The molecule has 1 unspecified atom stereocenters. The fourth-order valence-corrected chi connectivity index (χ4v) is 5.17. The Kier molecular flexibility index (Phi) is 7.38. The molecule has 1 amide bonds. The number of ether oxygens (including phenoxy) is 1. The number of nitrogens with zero attached hydrogens (tertiary/aromatic N) is 7. The highest BCUT2D eigenvalue weighted by atomic mass is 16.6. The third-order valence-electron chi connectivity index (χ3n) is 7.04. The summed E-state index contributed by atoms with van der Waals surface area (Å²) in [6.07, 6.45) is 4.84. The molecule has 12 heteroatoms. The van der Waals surface area contributed by atoms with Crippen molar-refractivity contribution >= 4 is 28.9 Å². The summed E-state index contributed by atoms with van der Waals surface area (Å²) in [7, 11) is 1.61. The smallest absolute Gasteiger partial charge is 0.407 e. The minimum atomic E-state index is -0.599. The maximum Gasteiger partial charge on any atom is 0.407 e. The van der Waals surface area contributed by atoms with Crippen LogP contribution in [-0.4, -0.2) is 58.9 Å². The van der Waals surface area contributed by atoms with E-state index >= 15 is 0 Å². The Bertz CT molecular complexity index is 1810. The number of alkyl carbamates (subject to hydrolysis) is 1. The Morgan fingerprint density at radius 2 is 2.00 bits per heavy atom. The molecule has 12 nitrogen and oxygen atoms in total. The van der Waals surface area contributed by atoms with E-state index in [2.05, 4.69) is 22.1 Å². The van der Waals surface area contributed by atoms with Gasteiger partial charge >= 0.3 is 11.8 Å². The lowest BCUT2D eigenvalue weighted by Gasteiger charge is -2.34. The summed E-state index contributed by atoms with van der Waals surface area (Å²) >= 11 is 0. The Labute approximate surface area is 237 Å². The zero-order valence-electron chi connectivity index (χ0n) is 24.4. The number of pyridine rings is 1. The molecule has 0 aliphatic carbocycles. The maximum absolute atomic E-state index is 13.9. The van der Waals surface area contributed by atoms with E-state index in [4.69, 9.17) is 9.72 Å². The van der Waals surface area contributed by atoms with Crippen LogP contribution in [0.3, 0.4) is 0 Å². The number of hydrogen-bond donors (Lipinski definition) is 1. The van der Waals surface area contributed by atoms with Gasteiger partial charge in [0, 0.05) is 38.6 Å². The number of piperidine rings is 1. The largest absolute Gasteiger partial charge is 0.444 e. The van der Waals surface area contributed by atoms with E-state index in [-0.39, 0.29) is 24.8 Å². The number of carbonyl (C=O) groups excluding carboxylic acids is 1. The number of aromatic nitrogens is 6. The molecule has 1 fully saturated rings. The van der Waals surface area contributed by atoms with Gasteiger partial charge in [-0.25, -0.2) is 14.6 Å². The van der Waals surface area contributed by atoms with Crippen LogP contribution in [0.5, 0.6) is 0 Å². The number of amides is 1. The van der Waals surface area contributed by atoms with E-state index in [1.807, 2.05) is 61.5 Å². The molecule has 41 heavy (non-hydrogen) atoms. The second-order valence-corrected chi connectivity index (χ2v) is 11.5. The molecule has 1 aliphatic heterocycles. The van der Waals surface area contributed by atoms with Crippen molar-refractivity contribution in [3.05, 3.63) is 56.6 Å². The van der Waals surface area contributed by atoms with Gasteiger partial charge < -0.3 is 19.4 Å². The lowest BCUT2D eigenvalue weighted by atomic mass is 10.1. The van der Waals surface area contributed by atoms with Crippen molar-refractivity contribution in [2.45, 2.75) is 72.2 Å². The van der Waals surface area contributed by atoms with E-state index in [9.17, 15) is 14.4 Å². The fraction of sp³-hybridized carbons (Fsp3) is 0.483. The van der Waals surface area contributed by atoms with E-state index in [0.29, 0.717) is 30.2 Å². The van der Waals surface area contributed by atoms with Crippen LogP contribution >= 0.6 is 0 Å². The monoisotopic (exact) mass is 560 g/mol. The van der Waals surface area contributed by atoms with Crippen molar-refractivity contribution in [3.63, 3.8) is 0 Å². The second-order valence-electron chi connectivity index (χ2n) is 11.5. The maximum atomic E-state index is 13.9.